The van der Waals surface area contributed by atoms with Gasteiger partial charge in [-0.05, 0) is 18.7 Å². The molecule has 0 aliphatic heterocycles. The van der Waals surface area contributed by atoms with Crippen molar-refractivity contribution in [3.8, 4) is 0 Å². The van der Waals surface area contributed by atoms with Gasteiger partial charge in [-0.2, -0.15) is 4.98 Å². The van der Waals surface area contributed by atoms with Crippen LogP contribution >= 0.6 is 23.1 Å². The Morgan fingerprint density at radius 2 is 2.24 bits per heavy atom. The second-order valence-electron chi connectivity index (χ2n) is 4.06. The summed E-state index contributed by atoms with van der Waals surface area (Å²) < 4.78 is 1.48. The highest BCUT2D eigenvalue weighted by atomic mass is 32.2. The Morgan fingerprint density at radius 3 is 2.81 bits per heavy atom. The molecule has 2 rings (SSSR count). The van der Waals surface area contributed by atoms with Crippen molar-refractivity contribution < 1.29 is 10.0 Å². The number of nitrogens with zero attached hydrogens (tertiary/aromatic N) is 3. The van der Waals surface area contributed by atoms with E-state index in [-0.39, 0.29) is 15.1 Å². The normalized spacial score (nSPS) is 12.3. The summed E-state index contributed by atoms with van der Waals surface area (Å²) in [6.45, 7) is 1.50. The van der Waals surface area contributed by atoms with Crippen LogP contribution in [0.25, 0.3) is 0 Å². The van der Waals surface area contributed by atoms with Gasteiger partial charge in [-0.3, -0.25) is 29.5 Å². The number of aliphatic hydroxyl groups excluding tert-OH is 1. The first-order chi connectivity index (χ1) is 9.79. The van der Waals surface area contributed by atoms with Gasteiger partial charge in [0.05, 0.1) is 11.0 Å². The van der Waals surface area contributed by atoms with Crippen LogP contribution in [0.15, 0.2) is 25.0 Å². The zero-order chi connectivity index (χ0) is 15.7. The van der Waals surface area contributed by atoms with Gasteiger partial charge in [0.1, 0.15) is 4.21 Å². The lowest BCUT2D eigenvalue weighted by Gasteiger charge is -2.03. The van der Waals surface area contributed by atoms with E-state index in [1.54, 1.807) is 0 Å². The van der Waals surface area contributed by atoms with Gasteiger partial charge in [-0.1, -0.05) is 0 Å². The highest BCUT2D eigenvalue weighted by molar-refractivity contribution is 8.01. The summed E-state index contributed by atoms with van der Waals surface area (Å²) in [5, 5.41) is 22.9. The maximum absolute atomic E-state index is 11.3. The topological polar surface area (TPSA) is 131 Å². The molecule has 0 spiro atoms. The van der Waals surface area contributed by atoms with Gasteiger partial charge in [0.15, 0.2) is 5.16 Å². The van der Waals surface area contributed by atoms with Crippen LogP contribution in [0.2, 0.25) is 0 Å². The fourth-order valence-corrected chi connectivity index (χ4v) is 3.61. The molecule has 21 heavy (non-hydrogen) atoms. The molecule has 0 radical (unpaired) electrons. The predicted molar refractivity (Wildman–Crippen MR) is 75.8 cm³/mol. The molecule has 9 nitrogen and oxygen atoms in total. The Bertz CT molecular complexity index is 807. The molecule has 0 saturated heterocycles. The van der Waals surface area contributed by atoms with Gasteiger partial charge in [0.25, 0.3) is 5.69 Å². The second kappa shape index (κ2) is 5.79. The molecule has 1 atom stereocenters. The average Bonchev–Trinajstić information content (AvgIpc) is 2.80. The van der Waals surface area contributed by atoms with E-state index in [1.807, 2.05) is 0 Å². The first kappa shape index (κ1) is 15.4. The number of hydrogen-bond donors (Lipinski definition) is 2. The summed E-state index contributed by atoms with van der Waals surface area (Å²) in [6, 6.07) is 1.28. The lowest BCUT2D eigenvalue weighted by atomic mass is 10.3. The molecule has 0 aliphatic carbocycles. The molecular weight excluding hydrogens is 320 g/mol. The number of aromatic amines is 1. The van der Waals surface area contributed by atoms with Crippen molar-refractivity contribution in [3.63, 3.8) is 0 Å². The van der Waals surface area contributed by atoms with Gasteiger partial charge in [0, 0.05) is 18.0 Å². The number of H-pyrrole nitrogens is 1. The minimum absolute atomic E-state index is 0.113. The monoisotopic (exact) mass is 330 g/mol. The summed E-state index contributed by atoms with van der Waals surface area (Å²) >= 11 is 1.91. The van der Waals surface area contributed by atoms with E-state index in [1.165, 1.54) is 24.7 Å². The van der Waals surface area contributed by atoms with Crippen molar-refractivity contribution in [2.45, 2.75) is 22.4 Å². The summed E-state index contributed by atoms with van der Waals surface area (Å²) in [6.07, 6.45) is -0.838. The minimum Gasteiger partial charge on any atom is -0.388 e. The van der Waals surface area contributed by atoms with Crippen LogP contribution < -0.4 is 11.1 Å². The predicted octanol–water partition coefficient (Wildman–Crippen LogP) is 0.643. The smallest absolute Gasteiger partial charge is 0.339 e. The molecule has 0 saturated carbocycles. The zero-order valence-electron chi connectivity index (χ0n) is 10.9. The first-order valence-electron chi connectivity index (χ1n) is 5.61. The Morgan fingerprint density at radius 1 is 1.57 bits per heavy atom. The van der Waals surface area contributed by atoms with Gasteiger partial charge >= 0.3 is 11.1 Å². The maximum Gasteiger partial charge on any atom is 0.339 e. The van der Waals surface area contributed by atoms with Crippen LogP contribution in [0.3, 0.4) is 0 Å². The third kappa shape index (κ3) is 3.20. The quantitative estimate of drug-likeness (QED) is 0.478. The lowest BCUT2D eigenvalue weighted by Crippen LogP contribution is -2.33. The number of nitrogens with one attached hydrogen (secondary N) is 1. The largest absolute Gasteiger partial charge is 0.388 e. The Kier molecular flexibility index (Phi) is 4.25. The van der Waals surface area contributed by atoms with Gasteiger partial charge in [0.2, 0.25) is 0 Å². The van der Waals surface area contributed by atoms with Gasteiger partial charge in [-0.15, -0.1) is 11.3 Å². The van der Waals surface area contributed by atoms with Crippen molar-refractivity contribution in [1.29, 1.82) is 0 Å². The summed E-state index contributed by atoms with van der Waals surface area (Å²) in [5.74, 6) is 0. The van der Waals surface area contributed by atoms with Crippen LogP contribution in [-0.4, -0.2) is 24.8 Å². The van der Waals surface area contributed by atoms with Crippen molar-refractivity contribution in [1.82, 2.24) is 14.8 Å². The van der Waals surface area contributed by atoms with Crippen LogP contribution in [0.1, 0.15) is 17.9 Å². The average molecular weight is 330 g/mol. The number of rotatable bonds is 4. The molecule has 112 valence electrons. The van der Waals surface area contributed by atoms with Crippen molar-refractivity contribution in [3.05, 3.63) is 41.8 Å². The Hall–Kier alpha value is -1.98. The molecule has 0 aliphatic rings. The molecule has 2 aromatic rings. The molecule has 1 unspecified atom stereocenters. The molecule has 0 bridgehead atoms. The number of aliphatic hydroxyl groups is 1. The fraction of sp³-hybridized carbons (Fsp3) is 0.300. The van der Waals surface area contributed by atoms with E-state index < -0.39 is 22.1 Å². The Labute approximate surface area is 125 Å². The molecule has 2 aromatic heterocycles. The molecule has 0 aromatic carbocycles. The summed E-state index contributed by atoms with van der Waals surface area (Å²) in [5.41, 5.74) is -2.01. The number of aryl methyl sites for hydroxylation is 1. The maximum atomic E-state index is 11.3. The van der Waals surface area contributed by atoms with E-state index in [4.69, 9.17) is 0 Å². The van der Waals surface area contributed by atoms with Crippen LogP contribution in [-0.2, 0) is 7.05 Å². The highest BCUT2D eigenvalue weighted by Gasteiger charge is 2.23. The van der Waals surface area contributed by atoms with E-state index >= 15 is 0 Å². The zero-order valence-corrected chi connectivity index (χ0v) is 12.5. The third-order valence-electron chi connectivity index (χ3n) is 2.44. The Balaban J connectivity index is 2.48. The number of nitro groups is 1. The molecule has 11 heteroatoms. The summed E-state index contributed by atoms with van der Waals surface area (Å²) in [4.78, 5) is 36.8. The number of aromatic nitrogens is 3. The number of thiophene rings is 1. The molecular formula is C10H10N4O5S2. The van der Waals surface area contributed by atoms with E-state index in [0.29, 0.717) is 4.88 Å². The second-order valence-corrected chi connectivity index (χ2v) is 6.38. The molecule has 2 heterocycles. The summed E-state index contributed by atoms with van der Waals surface area (Å²) in [7, 11) is 1.46. The lowest BCUT2D eigenvalue weighted by molar-refractivity contribution is -0.387. The van der Waals surface area contributed by atoms with E-state index in [2.05, 4.69) is 10.1 Å². The molecule has 0 amide bonds. The van der Waals surface area contributed by atoms with Crippen molar-refractivity contribution in [2.24, 2.45) is 7.05 Å². The minimum atomic E-state index is -0.967. The van der Waals surface area contributed by atoms with E-state index in [0.717, 1.165) is 23.1 Å². The number of hydrogen-bond acceptors (Lipinski definition) is 8. The van der Waals surface area contributed by atoms with Crippen LogP contribution in [0.5, 0.6) is 0 Å². The van der Waals surface area contributed by atoms with E-state index in [9.17, 15) is 24.8 Å². The highest BCUT2D eigenvalue weighted by Crippen LogP contribution is 2.41. The van der Waals surface area contributed by atoms with Crippen molar-refractivity contribution >= 4 is 28.8 Å². The van der Waals surface area contributed by atoms with Crippen LogP contribution in [0, 0.1) is 10.1 Å². The standard InChI is InChI=1S/C10H10N4O5S2/c1-4(15)6-3-5(14(18)19)9(20-6)21-10-11-7(16)8(17)12-13(10)2/h3-4,15H,1-2H3,(H,12,17). The van der Waals surface area contributed by atoms with Crippen molar-refractivity contribution in [2.75, 3.05) is 0 Å². The molecule has 2 N–H and O–H groups in total. The van der Waals surface area contributed by atoms with Gasteiger partial charge in [-0.25, -0.2) is 0 Å². The first-order valence-corrected chi connectivity index (χ1v) is 7.24. The molecule has 0 fully saturated rings. The third-order valence-corrected chi connectivity index (χ3v) is 4.97. The van der Waals surface area contributed by atoms with Gasteiger partial charge < -0.3 is 5.11 Å². The fourth-order valence-electron chi connectivity index (χ4n) is 1.42. The SMILES string of the molecule is CC(O)c1cc([N+](=O)[O-])c(Sc2nc(=O)c(=O)[nH]n2C)s1. The van der Waals surface area contributed by atoms with Crippen LogP contribution in [0.4, 0.5) is 5.69 Å².